The van der Waals surface area contributed by atoms with E-state index in [4.69, 9.17) is 11.6 Å². The molecule has 0 saturated heterocycles. The van der Waals surface area contributed by atoms with Crippen LogP contribution < -0.4 is 0 Å². The number of halogens is 1. The Kier molecular flexibility index (Phi) is 6.63. The maximum absolute atomic E-state index is 6.01. The molecule has 0 bridgehead atoms. The second-order valence-corrected chi connectivity index (χ2v) is 5.76. The van der Waals surface area contributed by atoms with Crippen LogP contribution in [-0.2, 0) is 0 Å². The number of aromatic amines is 2. The van der Waals surface area contributed by atoms with Crippen LogP contribution >= 0.6 is 11.6 Å². The molecule has 0 amide bonds. The van der Waals surface area contributed by atoms with Gasteiger partial charge in [-0.25, -0.2) is 0 Å². The molecule has 4 aromatic heterocycles. The maximum atomic E-state index is 6.01. The second-order valence-electron chi connectivity index (χ2n) is 5.38. The highest BCUT2D eigenvalue weighted by molar-refractivity contribution is 6.33. The Morgan fingerprint density at radius 2 is 1.46 bits per heavy atom. The zero-order valence-electron chi connectivity index (χ0n) is 13.9. The average molecular weight is 369 g/mol. The minimum absolute atomic E-state index is 0. The first kappa shape index (κ1) is 19.3. The van der Waals surface area contributed by atoms with Crippen molar-refractivity contribution in [3.8, 4) is 22.8 Å². The highest BCUT2D eigenvalue weighted by Crippen LogP contribution is 2.25. The SMILES string of the molecule is C.Cc1[nH]nc(-c2ccccn2)c1Cl.Cc1cc(-c2ccccn2)n[nH]1. The van der Waals surface area contributed by atoms with E-state index in [1.807, 2.05) is 56.3 Å². The summed E-state index contributed by atoms with van der Waals surface area (Å²) in [5, 5.41) is 14.5. The number of nitrogens with zero attached hydrogens (tertiary/aromatic N) is 4. The van der Waals surface area contributed by atoms with Crippen LogP contribution in [0, 0.1) is 13.8 Å². The van der Waals surface area contributed by atoms with Gasteiger partial charge < -0.3 is 0 Å². The average Bonchev–Trinajstić information content (AvgIpc) is 3.23. The molecule has 0 spiro atoms. The molecule has 2 N–H and O–H groups in total. The Labute approximate surface area is 157 Å². The summed E-state index contributed by atoms with van der Waals surface area (Å²) in [5.74, 6) is 0. The summed E-state index contributed by atoms with van der Waals surface area (Å²) in [6.45, 7) is 3.85. The van der Waals surface area contributed by atoms with Gasteiger partial charge in [-0.15, -0.1) is 0 Å². The molecule has 4 aromatic rings. The summed E-state index contributed by atoms with van der Waals surface area (Å²) in [4.78, 5) is 8.34. The largest absolute Gasteiger partial charge is 0.282 e. The zero-order valence-corrected chi connectivity index (χ0v) is 14.6. The molecule has 0 saturated carbocycles. The fraction of sp³-hybridized carbons (Fsp3) is 0.158. The zero-order chi connectivity index (χ0) is 17.6. The van der Waals surface area contributed by atoms with Crippen molar-refractivity contribution in [1.82, 2.24) is 30.4 Å². The molecule has 6 nitrogen and oxygen atoms in total. The van der Waals surface area contributed by atoms with Gasteiger partial charge in [-0.05, 0) is 44.2 Å². The van der Waals surface area contributed by atoms with E-state index in [-0.39, 0.29) is 7.43 Å². The quantitative estimate of drug-likeness (QED) is 0.529. The van der Waals surface area contributed by atoms with Gasteiger partial charge in [0.05, 0.1) is 22.1 Å². The van der Waals surface area contributed by atoms with Gasteiger partial charge in [0.2, 0.25) is 0 Å². The molecule has 0 fully saturated rings. The summed E-state index contributed by atoms with van der Waals surface area (Å²) in [5.41, 5.74) is 5.21. The van der Waals surface area contributed by atoms with Crippen LogP contribution in [0.15, 0.2) is 54.9 Å². The minimum Gasteiger partial charge on any atom is -0.282 e. The highest BCUT2D eigenvalue weighted by atomic mass is 35.5. The van der Waals surface area contributed by atoms with E-state index in [0.29, 0.717) is 10.7 Å². The molecule has 0 aliphatic rings. The molecule has 134 valence electrons. The molecule has 4 rings (SSSR count). The van der Waals surface area contributed by atoms with Gasteiger partial charge in [0.25, 0.3) is 0 Å². The number of aryl methyl sites for hydroxylation is 2. The lowest BCUT2D eigenvalue weighted by molar-refractivity contribution is 1.04. The topological polar surface area (TPSA) is 83.1 Å². The van der Waals surface area contributed by atoms with Crippen molar-refractivity contribution >= 4 is 11.6 Å². The third-order valence-corrected chi connectivity index (χ3v) is 3.88. The predicted molar refractivity (Wildman–Crippen MR) is 105 cm³/mol. The molecule has 4 heterocycles. The monoisotopic (exact) mass is 368 g/mol. The van der Waals surface area contributed by atoms with Crippen molar-refractivity contribution in [2.24, 2.45) is 0 Å². The van der Waals surface area contributed by atoms with Crippen molar-refractivity contribution in [2.75, 3.05) is 0 Å². The van der Waals surface area contributed by atoms with Crippen molar-refractivity contribution in [2.45, 2.75) is 21.3 Å². The fourth-order valence-corrected chi connectivity index (χ4v) is 2.33. The van der Waals surface area contributed by atoms with E-state index in [1.54, 1.807) is 12.4 Å². The summed E-state index contributed by atoms with van der Waals surface area (Å²) in [7, 11) is 0. The normalized spacial score (nSPS) is 9.81. The van der Waals surface area contributed by atoms with Gasteiger partial charge in [0, 0.05) is 18.1 Å². The Hall–Kier alpha value is -2.99. The van der Waals surface area contributed by atoms with Crippen LogP contribution in [0.5, 0.6) is 0 Å². The second kappa shape index (κ2) is 8.92. The van der Waals surface area contributed by atoms with Crippen molar-refractivity contribution < 1.29 is 0 Å². The Morgan fingerprint density at radius 3 is 1.92 bits per heavy atom. The number of hydrogen-bond acceptors (Lipinski definition) is 4. The first-order valence-electron chi connectivity index (χ1n) is 7.70. The molecule has 0 radical (unpaired) electrons. The van der Waals surface area contributed by atoms with E-state index in [1.165, 1.54) is 0 Å². The van der Waals surface area contributed by atoms with Crippen LogP contribution in [0.2, 0.25) is 5.02 Å². The lowest BCUT2D eigenvalue weighted by Crippen LogP contribution is -1.82. The Bertz CT molecular complexity index is 931. The first-order chi connectivity index (χ1) is 12.1. The lowest BCUT2D eigenvalue weighted by Gasteiger charge is -1.94. The minimum atomic E-state index is 0. The maximum Gasteiger partial charge on any atom is 0.129 e. The van der Waals surface area contributed by atoms with Crippen molar-refractivity contribution in [1.29, 1.82) is 0 Å². The molecule has 26 heavy (non-hydrogen) atoms. The van der Waals surface area contributed by atoms with Crippen LogP contribution in [0.3, 0.4) is 0 Å². The summed E-state index contributed by atoms with van der Waals surface area (Å²) in [6, 6.07) is 13.4. The Balaban J connectivity index is 0.000000180. The molecule has 0 atom stereocenters. The van der Waals surface area contributed by atoms with Gasteiger partial charge in [-0.1, -0.05) is 31.2 Å². The van der Waals surface area contributed by atoms with E-state index in [2.05, 4.69) is 30.4 Å². The van der Waals surface area contributed by atoms with E-state index in [9.17, 15) is 0 Å². The third-order valence-electron chi connectivity index (χ3n) is 3.41. The predicted octanol–water partition coefficient (Wildman–Crippen LogP) is 4.85. The molecule has 0 aromatic carbocycles. The van der Waals surface area contributed by atoms with Gasteiger partial charge in [0.15, 0.2) is 0 Å². The summed E-state index contributed by atoms with van der Waals surface area (Å²) < 4.78 is 0. The van der Waals surface area contributed by atoms with E-state index < -0.39 is 0 Å². The lowest BCUT2D eigenvalue weighted by atomic mass is 10.2. The van der Waals surface area contributed by atoms with Crippen LogP contribution in [0.4, 0.5) is 0 Å². The third kappa shape index (κ3) is 4.55. The molecule has 7 heteroatoms. The standard InChI is InChI=1S/C9H8ClN3.C9H9N3.CH4/c1-6-8(10)9(13-12-6)7-4-2-3-5-11-7;1-7-6-9(12-11-7)8-4-2-3-5-10-8;/h2-5H,1H3,(H,12,13);2-6H,1H3,(H,11,12);1H4. The number of pyridine rings is 2. The Morgan fingerprint density at radius 1 is 0.808 bits per heavy atom. The number of nitrogens with one attached hydrogen (secondary N) is 2. The molecular weight excluding hydrogens is 348 g/mol. The van der Waals surface area contributed by atoms with E-state index in [0.717, 1.165) is 28.5 Å². The summed E-state index contributed by atoms with van der Waals surface area (Å²) in [6.07, 6.45) is 3.48. The fourth-order valence-electron chi connectivity index (χ4n) is 2.15. The highest BCUT2D eigenvalue weighted by Gasteiger charge is 2.09. The van der Waals surface area contributed by atoms with E-state index >= 15 is 0 Å². The van der Waals surface area contributed by atoms with Crippen molar-refractivity contribution in [3.63, 3.8) is 0 Å². The number of H-pyrrole nitrogens is 2. The van der Waals surface area contributed by atoms with Crippen molar-refractivity contribution in [3.05, 3.63) is 71.3 Å². The first-order valence-corrected chi connectivity index (χ1v) is 8.08. The van der Waals surface area contributed by atoms with Crippen LogP contribution in [0.1, 0.15) is 18.8 Å². The summed E-state index contributed by atoms with van der Waals surface area (Å²) >= 11 is 6.01. The smallest absolute Gasteiger partial charge is 0.129 e. The van der Waals surface area contributed by atoms with Gasteiger partial charge in [-0.2, -0.15) is 10.2 Å². The van der Waals surface area contributed by atoms with Gasteiger partial charge in [0.1, 0.15) is 11.4 Å². The number of hydrogen-bond donors (Lipinski definition) is 2. The van der Waals surface area contributed by atoms with Crippen LogP contribution in [-0.4, -0.2) is 30.4 Å². The van der Waals surface area contributed by atoms with Gasteiger partial charge in [-0.3, -0.25) is 20.2 Å². The molecule has 0 unspecified atom stereocenters. The number of rotatable bonds is 2. The molecular formula is C19H21ClN6. The number of aromatic nitrogens is 6. The molecule has 0 aliphatic heterocycles. The van der Waals surface area contributed by atoms with Gasteiger partial charge >= 0.3 is 0 Å². The molecule has 0 aliphatic carbocycles. The van der Waals surface area contributed by atoms with Crippen LogP contribution in [0.25, 0.3) is 22.8 Å².